The topological polar surface area (TPSA) is 74.6 Å². The fourth-order valence-corrected chi connectivity index (χ4v) is 3.14. The standard InChI is InChI=1S/C14H27N3O3S/c1-11(2)15-10-13-9-14(12(3)20-13)21(18,19)16-7-6-8-17(4)5/h9,11,15-16H,6-8,10H2,1-5H3. The van der Waals surface area contributed by atoms with Crippen LogP contribution in [0.25, 0.3) is 0 Å². The van der Waals surface area contributed by atoms with Crippen molar-refractivity contribution < 1.29 is 12.8 Å². The first-order valence-electron chi connectivity index (χ1n) is 7.19. The normalized spacial score (nSPS) is 12.5. The summed E-state index contributed by atoms with van der Waals surface area (Å²) in [5.41, 5.74) is 0. The summed E-state index contributed by atoms with van der Waals surface area (Å²) >= 11 is 0. The van der Waals surface area contributed by atoms with E-state index in [4.69, 9.17) is 4.42 Å². The smallest absolute Gasteiger partial charge is 0.244 e. The first-order valence-corrected chi connectivity index (χ1v) is 8.68. The lowest BCUT2D eigenvalue weighted by Gasteiger charge is -2.09. The minimum atomic E-state index is -3.50. The van der Waals surface area contributed by atoms with E-state index in [-0.39, 0.29) is 4.90 Å². The van der Waals surface area contributed by atoms with Crippen LogP contribution in [-0.4, -0.2) is 46.5 Å². The lowest BCUT2D eigenvalue weighted by atomic mass is 10.3. The Morgan fingerprint density at radius 3 is 2.57 bits per heavy atom. The van der Waals surface area contributed by atoms with Gasteiger partial charge in [0.05, 0.1) is 6.54 Å². The van der Waals surface area contributed by atoms with E-state index in [1.54, 1.807) is 13.0 Å². The summed E-state index contributed by atoms with van der Waals surface area (Å²) in [4.78, 5) is 2.25. The molecule has 7 heteroatoms. The van der Waals surface area contributed by atoms with Crippen LogP contribution in [0.3, 0.4) is 0 Å². The lowest BCUT2D eigenvalue weighted by Crippen LogP contribution is -2.27. The van der Waals surface area contributed by atoms with Gasteiger partial charge in [0, 0.05) is 18.7 Å². The fourth-order valence-electron chi connectivity index (χ4n) is 1.86. The Bertz CT molecular complexity index is 536. The molecule has 6 nitrogen and oxygen atoms in total. The second-order valence-corrected chi connectivity index (χ2v) is 7.46. The minimum Gasteiger partial charge on any atom is -0.464 e. The van der Waals surface area contributed by atoms with Gasteiger partial charge >= 0.3 is 0 Å². The number of nitrogens with zero attached hydrogens (tertiary/aromatic N) is 1. The second-order valence-electron chi connectivity index (χ2n) is 5.72. The third-order valence-electron chi connectivity index (χ3n) is 2.97. The SMILES string of the molecule is Cc1oc(CNC(C)C)cc1S(=O)(=O)NCCCN(C)C. The van der Waals surface area contributed by atoms with Gasteiger partial charge in [0.1, 0.15) is 16.4 Å². The van der Waals surface area contributed by atoms with Gasteiger partial charge in [-0.15, -0.1) is 0 Å². The molecule has 0 radical (unpaired) electrons. The molecule has 0 amide bonds. The quantitative estimate of drug-likeness (QED) is 0.672. The molecule has 1 heterocycles. The molecule has 0 fully saturated rings. The van der Waals surface area contributed by atoms with Gasteiger partial charge in [-0.05, 0) is 34.0 Å². The zero-order chi connectivity index (χ0) is 16.0. The van der Waals surface area contributed by atoms with E-state index >= 15 is 0 Å². The van der Waals surface area contributed by atoms with Crippen molar-refractivity contribution in [2.45, 2.75) is 44.7 Å². The van der Waals surface area contributed by atoms with E-state index in [2.05, 4.69) is 10.0 Å². The summed E-state index contributed by atoms with van der Waals surface area (Å²) in [6.45, 7) is 7.52. The van der Waals surface area contributed by atoms with Crippen LogP contribution < -0.4 is 10.0 Å². The molecule has 0 saturated heterocycles. The molecule has 2 N–H and O–H groups in total. The van der Waals surface area contributed by atoms with Crippen molar-refractivity contribution in [1.29, 1.82) is 0 Å². The number of hydrogen-bond acceptors (Lipinski definition) is 5. The molecule has 0 aromatic carbocycles. The molecule has 0 aliphatic heterocycles. The molecule has 1 aromatic heterocycles. The number of furan rings is 1. The Hall–Kier alpha value is -0.890. The number of sulfonamides is 1. The molecular formula is C14H27N3O3S. The Morgan fingerprint density at radius 2 is 2.00 bits per heavy atom. The Kier molecular flexibility index (Phi) is 6.86. The van der Waals surface area contributed by atoms with Gasteiger partial charge in [-0.1, -0.05) is 13.8 Å². The van der Waals surface area contributed by atoms with E-state index in [1.807, 2.05) is 32.8 Å². The summed E-state index contributed by atoms with van der Waals surface area (Å²) in [5.74, 6) is 1.06. The average Bonchev–Trinajstić information content (AvgIpc) is 2.74. The van der Waals surface area contributed by atoms with Crippen LogP contribution in [0.1, 0.15) is 31.8 Å². The Labute approximate surface area is 127 Å². The van der Waals surface area contributed by atoms with Crippen molar-refractivity contribution in [2.75, 3.05) is 27.2 Å². The molecule has 21 heavy (non-hydrogen) atoms. The average molecular weight is 317 g/mol. The molecule has 1 aromatic rings. The zero-order valence-corrected chi connectivity index (χ0v) is 14.4. The summed E-state index contributed by atoms with van der Waals surface area (Å²) in [5, 5.41) is 3.20. The molecule has 0 saturated carbocycles. The first-order chi connectivity index (χ1) is 9.72. The molecule has 0 atom stereocenters. The van der Waals surface area contributed by atoms with E-state index < -0.39 is 10.0 Å². The molecule has 0 aliphatic rings. The third-order valence-corrected chi connectivity index (χ3v) is 4.54. The highest BCUT2D eigenvalue weighted by Gasteiger charge is 2.20. The molecule has 122 valence electrons. The minimum absolute atomic E-state index is 0.230. The summed E-state index contributed by atoms with van der Waals surface area (Å²) < 4.78 is 32.6. The maximum atomic E-state index is 12.2. The number of rotatable bonds is 9. The second kappa shape index (κ2) is 7.93. The molecule has 0 aliphatic carbocycles. The Balaban J connectivity index is 2.65. The largest absolute Gasteiger partial charge is 0.464 e. The highest BCUT2D eigenvalue weighted by atomic mass is 32.2. The summed E-state index contributed by atoms with van der Waals surface area (Å²) in [6, 6.07) is 1.92. The van der Waals surface area contributed by atoms with E-state index in [1.165, 1.54) is 0 Å². The van der Waals surface area contributed by atoms with Crippen LogP contribution in [-0.2, 0) is 16.6 Å². The van der Waals surface area contributed by atoms with Crippen molar-refractivity contribution in [3.63, 3.8) is 0 Å². The lowest BCUT2D eigenvalue weighted by molar-refractivity contribution is 0.400. The van der Waals surface area contributed by atoms with Crippen molar-refractivity contribution in [3.05, 3.63) is 17.6 Å². The van der Waals surface area contributed by atoms with E-state index in [9.17, 15) is 8.42 Å². The third kappa shape index (κ3) is 6.17. The predicted molar refractivity (Wildman–Crippen MR) is 83.8 cm³/mol. The predicted octanol–water partition coefficient (Wildman–Crippen LogP) is 1.32. The maximum absolute atomic E-state index is 12.2. The maximum Gasteiger partial charge on any atom is 0.244 e. The highest BCUT2D eigenvalue weighted by molar-refractivity contribution is 7.89. The van der Waals surface area contributed by atoms with Crippen molar-refractivity contribution in [2.24, 2.45) is 0 Å². The van der Waals surface area contributed by atoms with Crippen LogP contribution >= 0.6 is 0 Å². The van der Waals surface area contributed by atoms with Crippen molar-refractivity contribution in [3.8, 4) is 0 Å². The van der Waals surface area contributed by atoms with Gasteiger partial charge in [0.2, 0.25) is 10.0 Å². The van der Waals surface area contributed by atoms with E-state index in [0.29, 0.717) is 30.7 Å². The van der Waals surface area contributed by atoms with Gasteiger partial charge in [0.25, 0.3) is 0 Å². The zero-order valence-electron chi connectivity index (χ0n) is 13.6. The molecule has 0 bridgehead atoms. The number of nitrogens with one attached hydrogen (secondary N) is 2. The van der Waals surface area contributed by atoms with Gasteiger partial charge in [-0.2, -0.15) is 0 Å². The summed E-state index contributed by atoms with van der Waals surface area (Å²) in [6.07, 6.45) is 0.769. The fraction of sp³-hybridized carbons (Fsp3) is 0.714. The Morgan fingerprint density at radius 1 is 1.33 bits per heavy atom. The summed E-state index contributed by atoms with van der Waals surface area (Å²) in [7, 11) is 0.425. The monoisotopic (exact) mass is 317 g/mol. The van der Waals surface area contributed by atoms with Crippen LogP contribution in [0.15, 0.2) is 15.4 Å². The van der Waals surface area contributed by atoms with E-state index in [0.717, 1.165) is 13.0 Å². The van der Waals surface area contributed by atoms with Gasteiger partial charge in [-0.3, -0.25) is 0 Å². The van der Waals surface area contributed by atoms with Gasteiger partial charge in [-0.25, -0.2) is 13.1 Å². The molecule has 1 rings (SSSR count). The number of hydrogen-bond donors (Lipinski definition) is 2. The molecular weight excluding hydrogens is 290 g/mol. The van der Waals surface area contributed by atoms with Gasteiger partial charge < -0.3 is 14.6 Å². The van der Waals surface area contributed by atoms with Crippen LogP contribution in [0.2, 0.25) is 0 Å². The number of aryl methyl sites for hydroxylation is 1. The van der Waals surface area contributed by atoms with Crippen LogP contribution in [0.5, 0.6) is 0 Å². The van der Waals surface area contributed by atoms with Gasteiger partial charge in [0.15, 0.2) is 0 Å². The van der Waals surface area contributed by atoms with Crippen LogP contribution in [0.4, 0.5) is 0 Å². The molecule has 0 spiro atoms. The van der Waals surface area contributed by atoms with Crippen molar-refractivity contribution >= 4 is 10.0 Å². The highest BCUT2D eigenvalue weighted by Crippen LogP contribution is 2.19. The molecule has 0 unspecified atom stereocenters. The first kappa shape index (κ1) is 18.2. The van der Waals surface area contributed by atoms with Crippen molar-refractivity contribution in [1.82, 2.24) is 14.9 Å². The van der Waals surface area contributed by atoms with Crippen LogP contribution in [0, 0.1) is 6.92 Å².